The number of amides is 3. The van der Waals surface area contributed by atoms with Gasteiger partial charge in [0.05, 0.1) is 10.6 Å². The fourth-order valence-corrected chi connectivity index (χ4v) is 5.86. The molecule has 1 aromatic heterocycles. The number of rotatable bonds is 3. The molecule has 1 saturated heterocycles. The van der Waals surface area contributed by atoms with E-state index in [2.05, 4.69) is 4.98 Å². The van der Waals surface area contributed by atoms with Gasteiger partial charge in [-0.15, -0.1) is 0 Å². The minimum atomic E-state index is -4.84. The zero-order valence-corrected chi connectivity index (χ0v) is 21.5. The average molecular weight is 495 g/mol. The third-order valence-corrected chi connectivity index (χ3v) is 7.46. The fourth-order valence-electron chi connectivity index (χ4n) is 5.15. The van der Waals surface area contributed by atoms with Gasteiger partial charge >= 0.3 is 35.6 Å². The van der Waals surface area contributed by atoms with Gasteiger partial charge in [0.25, 0.3) is 5.91 Å². The van der Waals surface area contributed by atoms with E-state index in [4.69, 9.17) is 0 Å². The molecule has 0 spiro atoms. The molecule has 0 radical (unpaired) electrons. The van der Waals surface area contributed by atoms with Crippen molar-refractivity contribution in [1.29, 1.82) is 0 Å². The summed E-state index contributed by atoms with van der Waals surface area (Å²) in [6.07, 6.45) is 0.274. The molecule has 8 nitrogen and oxygen atoms in total. The van der Waals surface area contributed by atoms with Crippen LogP contribution in [0.15, 0.2) is 83.8 Å². The summed E-state index contributed by atoms with van der Waals surface area (Å²) >= 11 is 0. The average Bonchev–Trinajstić information content (AvgIpc) is 3.32. The van der Waals surface area contributed by atoms with Gasteiger partial charge < -0.3 is 9.54 Å². The predicted octanol–water partition coefficient (Wildman–Crippen LogP) is 0.559. The number of para-hydroxylation sites is 2. The molecule has 35 heavy (non-hydrogen) atoms. The predicted molar refractivity (Wildman–Crippen MR) is 123 cm³/mol. The van der Waals surface area contributed by atoms with E-state index in [0.29, 0.717) is 11.4 Å². The van der Waals surface area contributed by atoms with E-state index in [-0.39, 0.29) is 47.4 Å². The molecule has 3 heterocycles. The zero-order chi connectivity index (χ0) is 23.6. The Hall–Kier alpha value is -2.95. The Morgan fingerprint density at radius 3 is 2.29 bits per heavy atom. The normalized spacial score (nSPS) is 19.5. The zero-order valence-electron chi connectivity index (χ0n) is 18.7. The van der Waals surface area contributed by atoms with Crippen LogP contribution in [0.2, 0.25) is 0 Å². The van der Waals surface area contributed by atoms with E-state index >= 15 is 0 Å². The minimum Gasteiger partial charge on any atom is -0.744 e. The van der Waals surface area contributed by atoms with Crippen molar-refractivity contribution in [3.8, 4) is 0 Å². The number of nitrogens with zero attached hydrogens (tertiary/aromatic N) is 2. The molecule has 3 amide bonds. The number of hydrogen-bond acceptors (Lipinski definition) is 5. The number of imide groups is 1. The molecular weight excluding hydrogens is 477 g/mol. The summed E-state index contributed by atoms with van der Waals surface area (Å²) < 4.78 is 36.5. The molecule has 10 heteroatoms. The second kappa shape index (κ2) is 8.61. The summed E-state index contributed by atoms with van der Waals surface area (Å²) in [5.74, 6) is -0.389. The van der Waals surface area contributed by atoms with Gasteiger partial charge in [0.2, 0.25) is 0 Å². The van der Waals surface area contributed by atoms with Crippen molar-refractivity contribution in [2.24, 2.45) is 0 Å². The van der Waals surface area contributed by atoms with Crippen molar-refractivity contribution >= 4 is 38.6 Å². The van der Waals surface area contributed by atoms with Crippen molar-refractivity contribution in [3.05, 3.63) is 95.7 Å². The fraction of sp³-hybridized carbons (Fsp3) is 0.120. The quantitative estimate of drug-likeness (QED) is 0.254. The smallest absolute Gasteiger partial charge is 0.744 e. The molecule has 170 valence electrons. The molecule has 1 N–H and O–H groups in total. The molecular formula is C25H18N3NaO5S. The topological polar surface area (TPSA) is 114 Å². The van der Waals surface area contributed by atoms with E-state index in [0.717, 1.165) is 21.4 Å². The second-order valence-corrected chi connectivity index (χ2v) is 9.72. The summed E-state index contributed by atoms with van der Waals surface area (Å²) in [5, 5.41) is 0.892. The number of urea groups is 1. The number of anilines is 1. The second-order valence-electron chi connectivity index (χ2n) is 8.38. The molecule has 2 unspecified atom stereocenters. The number of carbonyl (C=O) groups is 2. The van der Waals surface area contributed by atoms with Gasteiger partial charge in [0.15, 0.2) is 0 Å². The number of nitrogens with one attached hydrogen (secondary N) is 1. The molecule has 1 fully saturated rings. The van der Waals surface area contributed by atoms with E-state index in [1.54, 1.807) is 36.4 Å². The monoisotopic (exact) mass is 495 g/mol. The van der Waals surface area contributed by atoms with Crippen LogP contribution in [0.3, 0.4) is 0 Å². The van der Waals surface area contributed by atoms with Gasteiger partial charge in [0, 0.05) is 23.0 Å². The van der Waals surface area contributed by atoms with Crippen LogP contribution in [0.25, 0.3) is 10.9 Å². The Kier molecular flexibility index (Phi) is 5.85. The molecule has 2 aliphatic rings. The molecule has 6 rings (SSSR count). The summed E-state index contributed by atoms with van der Waals surface area (Å²) in [5.41, 5.74) is 2.83. The Morgan fingerprint density at radius 2 is 1.54 bits per heavy atom. The standard InChI is InChI=1S/C25H19N3O5S.Na/c29-24-20-14-18-16-10-4-6-12-19(16)26-22(18)23(17-11-5-7-13-21(17)34(31,32)33)28(20)25(30)27(24)15-8-2-1-3-9-15;/h1-13,20,23,26H,14H2,(H,31,32,33);/q;+1/p-1. The number of aromatic nitrogens is 1. The first-order valence-corrected chi connectivity index (χ1v) is 12.1. The van der Waals surface area contributed by atoms with Crippen molar-refractivity contribution in [2.45, 2.75) is 23.4 Å². The third-order valence-electron chi connectivity index (χ3n) is 6.55. The number of benzene rings is 3. The molecule has 3 aromatic carbocycles. The van der Waals surface area contributed by atoms with Crippen LogP contribution >= 0.6 is 0 Å². The van der Waals surface area contributed by atoms with Gasteiger partial charge in [-0.25, -0.2) is 18.1 Å². The van der Waals surface area contributed by atoms with Gasteiger partial charge in [-0.1, -0.05) is 54.6 Å². The van der Waals surface area contributed by atoms with Gasteiger partial charge in [0.1, 0.15) is 22.2 Å². The Labute approximate surface area is 223 Å². The van der Waals surface area contributed by atoms with Crippen LogP contribution < -0.4 is 34.5 Å². The van der Waals surface area contributed by atoms with Crippen molar-refractivity contribution in [3.63, 3.8) is 0 Å². The maximum absolute atomic E-state index is 13.7. The molecule has 0 saturated carbocycles. The van der Waals surface area contributed by atoms with Crippen molar-refractivity contribution in [2.75, 3.05) is 4.90 Å². The largest absolute Gasteiger partial charge is 1.00 e. The Balaban J connectivity index is 0.00000253. The van der Waals surface area contributed by atoms with E-state index in [9.17, 15) is 22.6 Å². The van der Waals surface area contributed by atoms with Crippen LogP contribution in [0.4, 0.5) is 10.5 Å². The van der Waals surface area contributed by atoms with Crippen molar-refractivity contribution < 1.29 is 52.1 Å². The number of aromatic amines is 1. The summed E-state index contributed by atoms with van der Waals surface area (Å²) in [6, 6.07) is 19.6. The molecule has 2 aliphatic heterocycles. The minimum absolute atomic E-state index is 0. The van der Waals surface area contributed by atoms with Crippen LogP contribution in [-0.2, 0) is 21.3 Å². The molecule has 4 aromatic rings. The first-order chi connectivity index (χ1) is 16.4. The van der Waals surface area contributed by atoms with Gasteiger partial charge in [-0.3, -0.25) is 9.69 Å². The summed E-state index contributed by atoms with van der Waals surface area (Å²) in [7, 11) is -4.84. The van der Waals surface area contributed by atoms with Crippen LogP contribution in [-0.4, -0.2) is 40.8 Å². The first kappa shape index (κ1) is 23.8. The summed E-state index contributed by atoms with van der Waals surface area (Å²) in [6.45, 7) is 0. The van der Waals surface area contributed by atoms with E-state index in [1.807, 2.05) is 24.3 Å². The number of carbonyl (C=O) groups excluding carboxylic acids is 2. The van der Waals surface area contributed by atoms with Gasteiger partial charge in [-0.05, 0) is 35.4 Å². The molecule has 0 aliphatic carbocycles. The maximum atomic E-state index is 13.7. The Bertz CT molecular complexity index is 1590. The SMILES string of the molecule is O=C1C2Cc3c([nH]c4ccccc34)C(c3ccccc3S(=O)(=O)[O-])N2C(=O)N1c1ccccc1.[Na+]. The van der Waals surface area contributed by atoms with Crippen LogP contribution in [0.1, 0.15) is 22.9 Å². The van der Waals surface area contributed by atoms with E-state index in [1.165, 1.54) is 23.1 Å². The third kappa shape index (κ3) is 3.62. The summed E-state index contributed by atoms with van der Waals surface area (Å²) in [4.78, 5) is 32.7. The van der Waals surface area contributed by atoms with Crippen LogP contribution in [0, 0.1) is 0 Å². The maximum Gasteiger partial charge on any atom is 1.00 e. The van der Waals surface area contributed by atoms with E-state index < -0.39 is 33.1 Å². The van der Waals surface area contributed by atoms with Crippen LogP contribution in [0.5, 0.6) is 0 Å². The van der Waals surface area contributed by atoms with Crippen molar-refractivity contribution in [1.82, 2.24) is 9.88 Å². The van der Waals surface area contributed by atoms with Gasteiger partial charge in [-0.2, -0.15) is 0 Å². The molecule has 2 atom stereocenters. The first-order valence-electron chi connectivity index (χ1n) is 10.7. The number of hydrogen-bond donors (Lipinski definition) is 1. The molecule has 0 bridgehead atoms. The number of fused-ring (bicyclic) bond motifs is 4. The number of H-pyrrole nitrogens is 1. The Morgan fingerprint density at radius 1 is 0.886 bits per heavy atom.